The number of fused-ring (bicyclic) bond motifs is 2. The number of piperidine rings is 1. The Morgan fingerprint density at radius 2 is 1.76 bits per heavy atom. The summed E-state index contributed by atoms with van der Waals surface area (Å²) in [6.07, 6.45) is 1.19. The number of ether oxygens (including phenoxy) is 1. The average molecular weight is 600 g/mol. The minimum Gasteiger partial charge on any atom is -0.395 e. The number of carbonyl (C=O) groups is 1. The zero-order chi connectivity index (χ0) is 29.3. The van der Waals surface area contributed by atoms with Crippen LogP contribution in [0.25, 0.3) is 11.1 Å². The number of alkyl halides is 3. The number of hydrogen-bond acceptors (Lipinski definition) is 8. The summed E-state index contributed by atoms with van der Waals surface area (Å²) in [5, 5.41) is 12.8. The van der Waals surface area contributed by atoms with E-state index in [9.17, 15) is 23.1 Å². The van der Waals surface area contributed by atoms with Crippen molar-refractivity contribution in [1.82, 2.24) is 14.3 Å². The van der Waals surface area contributed by atoms with E-state index in [1.54, 1.807) is 23.0 Å². The third-order valence-electron chi connectivity index (χ3n) is 8.28. The third-order valence-corrected chi connectivity index (χ3v) is 9.39. The van der Waals surface area contributed by atoms with Gasteiger partial charge in [-0.25, -0.2) is 14.3 Å². The molecule has 42 heavy (non-hydrogen) atoms. The number of hydrogen-bond donors (Lipinski definition) is 2. The Kier molecular flexibility index (Phi) is 8.14. The van der Waals surface area contributed by atoms with Crippen LogP contribution in [0.2, 0.25) is 0 Å². The Hall–Kier alpha value is -3.19. The summed E-state index contributed by atoms with van der Waals surface area (Å²) in [4.78, 5) is 24.8. The smallest absolute Gasteiger partial charge is 0.395 e. The van der Waals surface area contributed by atoms with E-state index < -0.39 is 17.2 Å². The summed E-state index contributed by atoms with van der Waals surface area (Å²) in [7, 11) is 0. The molecule has 2 N–H and O–H groups in total. The van der Waals surface area contributed by atoms with Gasteiger partial charge in [0.25, 0.3) is 0 Å². The van der Waals surface area contributed by atoms with Crippen molar-refractivity contribution >= 4 is 29.5 Å². The summed E-state index contributed by atoms with van der Waals surface area (Å²) in [6.45, 7) is 2.82. The Morgan fingerprint density at radius 3 is 2.40 bits per heavy atom. The molecule has 3 aliphatic heterocycles. The minimum atomic E-state index is -4.39. The van der Waals surface area contributed by atoms with E-state index in [1.807, 2.05) is 0 Å². The number of rotatable bonds is 7. The van der Waals surface area contributed by atoms with Crippen LogP contribution in [0.15, 0.2) is 59.8 Å². The lowest BCUT2D eigenvalue weighted by molar-refractivity contribution is -0.137. The number of aliphatic hydroxyl groups excluding tert-OH is 1. The topological polar surface area (TPSA) is 90.8 Å². The predicted molar refractivity (Wildman–Crippen MR) is 154 cm³/mol. The summed E-state index contributed by atoms with van der Waals surface area (Å²) >= 11 is 1.69. The highest BCUT2D eigenvalue weighted by atomic mass is 32.2. The molecule has 3 aromatic rings. The number of pyridine rings is 2. The molecule has 0 radical (unpaired) electrons. The van der Waals surface area contributed by atoms with E-state index in [4.69, 9.17) is 4.74 Å². The molecule has 0 aliphatic carbocycles. The maximum atomic E-state index is 13.4. The lowest BCUT2D eigenvalue weighted by atomic mass is 9.75. The molecule has 0 unspecified atom stereocenters. The van der Waals surface area contributed by atoms with Crippen molar-refractivity contribution < 1.29 is 27.8 Å². The number of aliphatic hydroxyl groups is 1. The van der Waals surface area contributed by atoms with Crippen molar-refractivity contribution in [3.63, 3.8) is 0 Å². The molecule has 5 heterocycles. The van der Waals surface area contributed by atoms with E-state index in [1.165, 1.54) is 6.07 Å². The van der Waals surface area contributed by atoms with Gasteiger partial charge in [-0.15, -0.1) is 0 Å². The first-order valence-electron chi connectivity index (χ1n) is 14.1. The molecule has 1 amide bonds. The molecule has 3 aliphatic rings. The third kappa shape index (κ3) is 5.72. The van der Waals surface area contributed by atoms with Gasteiger partial charge in [-0.05, 0) is 73.5 Å². The Labute approximate surface area is 246 Å². The van der Waals surface area contributed by atoms with Crippen LogP contribution in [0, 0.1) is 0 Å². The van der Waals surface area contributed by atoms with E-state index in [-0.39, 0.29) is 25.1 Å². The van der Waals surface area contributed by atoms with Crippen LogP contribution < -0.4 is 10.2 Å². The van der Waals surface area contributed by atoms with Crippen LogP contribution in [0.4, 0.5) is 24.8 Å². The van der Waals surface area contributed by atoms with Crippen molar-refractivity contribution in [3.8, 4) is 11.1 Å². The quantitative estimate of drug-likeness (QED) is 0.361. The summed E-state index contributed by atoms with van der Waals surface area (Å²) < 4.78 is 46.2. The first-order chi connectivity index (χ1) is 20.3. The standard InChI is InChI=1S/C30H32F3N5O3S/c31-30(32,33)22-3-6-26(34-19-22)36-23-7-11-37(12-8-23)42-24-4-1-20(2-5-24)21-17-25-27(35-18-21)38(13-14-39)28(40)29(25)9-15-41-16-10-29/h1-6,17-19,23,39H,7-16H2,(H,34,36). The number of amides is 1. The van der Waals surface area contributed by atoms with Gasteiger partial charge in [0, 0.05) is 60.8 Å². The number of carbonyl (C=O) groups excluding carboxylic acids is 1. The zero-order valence-corrected chi connectivity index (χ0v) is 23.8. The molecule has 6 rings (SSSR count). The van der Waals surface area contributed by atoms with Crippen LogP contribution in [0.1, 0.15) is 36.8 Å². The predicted octanol–water partition coefficient (Wildman–Crippen LogP) is 5.13. The molecule has 0 bridgehead atoms. The molecule has 12 heteroatoms. The SMILES string of the molecule is O=C1N(CCO)c2ncc(-c3ccc(SN4CCC(Nc5ccc(C(F)(F)F)cn5)CC4)cc3)cc2C12CCOCC2. The van der Waals surface area contributed by atoms with E-state index in [0.29, 0.717) is 37.7 Å². The monoisotopic (exact) mass is 599 g/mol. The number of nitrogens with one attached hydrogen (secondary N) is 1. The first-order valence-corrected chi connectivity index (χ1v) is 14.9. The Bertz CT molecular complexity index is 1410. The number of aromatic nitrogens is 2. The van der Waals surface area contributed by atoms with E-state index in [2.05, 4.69) is 49.9 Å². The number of benzene rings is 1. The van der Waals surface area contributed by atoms with Crippen molar-refractivity contribution in [2.24, 2.45) is 0 Å². The largest absolute Gasteiger partial charge is 0.417 e. The molecular weight excluding hydrogens is 567 g/mol. The highest BCUT2D eigenvalue weighted by Gasteiger charge is 2.52. The average Bonchev–Trinajstić information content (AvgIpc) is 3.21. The van der Waals surface area contributed by atoms with Crippen LogP contribution in [-0.2, 0) is 21.1 Å². The molecule has 0 saturated carbocycles. The van der Waals surface area contributed by atoms with E-state index >= 15 is 0 Å². The lowest BCUT2D eigenvalue weighted by Crippen LogP contribution is -2.44. The highest BCUT2D eigenvalue weighted by Crippen LogP contribution is 2.47. The van der Waals surface area contributed by atoms with Gasteiger partial charge in [-0.2, -0.15) is 13.2 Å². The first kappa shape index (κ1) is 28.9. The van der Waals surface area contributed by atoms with Gasteiger partial charge in [0.2, 0.25) is 5.91 Å². The fourth-order valence-corrected chi connectivity index (χ4v) is 6.92. The van der Waals surface area contributed by atoms with Crippen LogP contribution >= 0.6 is 11.9 Å². The molecular formula is C30H32F3N5O3S. The summed E-state index contributed by atoms with van der Waals surface area (Å²) in [6, 6.07) is 13.0. The molecule has 1 spiro atoms. The molecule has 2 fully saturated rings. The second-order valence-electron chi connectivity index (χ2n) is 10.9. The molecule has 0 atom stereocenters. The van der Waals surface area contributed by atoms with Crippen molar-refractivity contribution in [2.45, 2.75) is 48.2 Å². The Balaban J connectivity index is 1.08. The van der Waals surface area contributed by atoms with Gasteiger partial charge in [0.05, 0.1) is 24.1 Å². The summed E-state index contributed by atoms with van der Waals surface area (Å²) in [5.41, 5.74) is 1.48. The van der Waals surface area contributed by atoms with Gasteiger partial charge >= 0.3 is 6.18 Å². The fraction of sp³-hybridized carbons (Fsp3) is 0.433. The molecule has 1 aromatic carbocycles. The van der Waals surface area contributed by atoms with Gasteiger partial charge < -0.3 is 15.2 Å². The number of nitrogens with zero attached hydrogens (tertiary/aromatic N) is 4. The maximum Gasteiger partial charge on any atom is 0.417 e. The molecule has 222 valence electrons. The highest BCUT2D eigenvalue weighted by molar-refractivity contribution is 7.97. The van der Waals surface area contributed by atoms with Gasteiger partial charge in [-0.3, -0.25) is 9.69 Å². The van der Waals surface area contributed by atoms with Gasteiger partial charge in [0.15, 0.2) is 0 Å². The summed E-state index contributed by atoms with van der Waals surface area (Å²) in [5.74, 6) is 1.10. The lowest BCUT2D eigenvalue weighted by Gasteiger charge is -2.32. The van der Waals surface area contributed by atoms with Gasteiger partial charge in [0.1, 0.15) is 11.6 Å². The van der Waals surface area contributed by atoms with E-state index in [0.717, 1.165) is 59.8 Å². The number of halogens is 3. The Morgan fingerprint density at radius 1 is 1.02 bits per heavy atom. The molecule has 2 saturated heterocycles. The van der Waals surface area contributed by atoms with Gasteiger partial charge in [-0.1, -0.05) is 12.1 Å². The fourth-order valence-electron chi connectivity index (χ4n) is 5.97. The number of β-amino-alcohol motifs (C(OH)–C–C–N with tert-alkyl or cyclic N) is 1. The van der Waals surface area contributed by atoms with Crippen LogP contribution in [0.5, 0.6) is 0 Å². The second kappa shape index (κ2) is 11.8. The van der Waals surface area contributed by atoms with Crippen molar-refractivity contribution in [3.05, 3.63) is 66.0 Å². The van der Waals surface area contributed by atoms with Crippen LogP contribution in [0.3, 0.4) is 0 Å². The van der Waals surface area contributed by atoms with Crippen LogP contribution in [-0.4, -0.2) is 70.8 Å². The minimum absolute atomic E-state index is 0.000779. The number of anilines is 2. The molecule has 2 aromatic heterocycles. The normalized spacial score (nSPS) is 19.3. The van der Waals surface area contributed by atoms with Crippen molar-refractivity contribution in [2.75, 3.05) is 49.7 Å². The zero-order valence-electron chi connectivity index (χ0n) is 22.9. The van der Waals surface area contributed by atoms with Crippen molar-refractivity contribution in [1.29, 1.82) is 0 Å². The second-order valence-corrected chi connectivity index (χ2v) is 12.0. The maximum absolute atomic E-state index is 13.4. The molecule has 8 nitrogen and oxygen atoms in total.